The molecule has 0 unspecified atom stereocenters. The molecule has 0 amide bonds. The van der Waals surface area contributed by atoms with Crippen molar-refractivity contribution in [3.05, 3.63) is 206 Å². The van der Waals surface area contributed by atoms with Crippen molar-refractivity contribution in [1.29, 1.82) is 0 Å². The molecule has 0 radical (unpaired) electrons. The van der Waals surface area contributed by atoms with Crippen molar-refractivity contribution < 1.29 is 8.83 Å². The molecule has 0 aliphatic rings. The van der Waals surface area contributed by atoms with Crippen LogP contribution >= 0.6 is 0 Å². The Balaban J connectivity index is 1.21. The Morgan fingerprint density at radius 3 is 1.86 bits per heavy atom. The van der Waals surface area contributed by atoms with Gasteiger partial charge in [-0.3, -0.25) is 0 Å². The van der Waals surface area contributed by atoms with Crippen molar-refractivity contribution in [2.24, 2.45) is 0 Å². The third kappa shape index (κ3) is 4.95. The Labute approximate surface area is 334 Å². The minimum atomic E-state index is 0.844. The van der Waals surface area contributed by atoms with Gasteiger partial charge in [-0.2, -0.15) is 0 Å². The van der Waals surface area contributed by atoms with Crippen LogP contribution in [0.4, 0.5) is 17.1 Å². The molecule has 272 valence electrons. The number of fused-ring (bicyclic) bond motifs is 9. The SMILES string of the molecule is c1ccc(-c2ccc3c(c2)oc2c(-c4ccccc4)ccc(N(c4ccc5oc6ccccc6c5c4)c4cccc5c4c4ccccc4n5-c4ccccc4)c23)cc1. The molecule has 0 saturated heterocycles. The maximum Gasteiger partial charge on any atom is 0.145 e. The molecule has 0 N–H and O–H groups in total. The summed E-state index contributed by atoms with van der Waals surface area (Å²) in [6.45, 7) is 0. The van der Waals surface area contributed by atoms with E-state index in [1.54, 1.807) is 0 Å². The molecule has 0 aliphatic carbocycles. The minimum absolute atomic E-state index is 0.844. The predicted octanol–water partition coefficient (Wildman–Crippen LogP) is 15.4. The maximum absolute atomic E-state index is 7.05. The highest BCUT2D eigenvalue weighted by molar-refractivity contribution is 6.21. The number of hydrogen-bond acceptors (Lipinski definition) is 3. The third-order valence-electron chi connectivity index (χ3n) is 11.6. The van der Waals surface area contributed by atoms with Crippen LogP contribution in [0.1, 0.15) is 0 Å². The van der Waals surface area contributed by atoms with Gasteiger partial charge in [0.25, 0.3) is 0 Å². The molecule has 12 aromatic rings. The second kappa shape index (κ2) is 12.9. The highest BCUT2D eigenvalue weighted by Crippen LogP contribution is 2.50. The first-order valence-electron chi connectivity index (χ1n) is 19.7. The molecule has 3 heterocycles. The summed E-state index contributed by atoms with van der Waals surface area (Å²) in [6.07, 6.45) is 0. The fraction of sp³-hybridized carbons (Fsp3) is 0. The Morgan fingerprint density at radius 2 is 1.03 bits per heavy atom. The zero-order valence-corrected chi connectivity index (χ0v) is 31.3. The van der Waals surface area contributed by atoms with E-state index in [0.717, 1.165) is 99.9 Å². The first-order chi connectivity index (χ1) is 28.8. The van der Waals surface area contributed by atoms with Crippen LogP contribution in [-0.4, -0.2) is 4.57 Å². The highest BCUT2D eigenvalue weighted by Gasteiger charge is 2.26. The Bertz CT molecular complexity index is 3500. The molecule has 4 nitrogen and oxygen atoms in total. The van der Waals surface area contributed by atoms with Crippen molar-refractivity contribution in [2.75, 3.05) is 4.90 Å². The average Bonchev–Trinajstić information content (AvgIpc) is 3.97. The van der Waals surface area contributed by atoms with Gasteiger partial charge >= 0.3 is 0 Å². The second-order valence-electron chi connectivity index (χ2n) is 14.9. The van der Waals surface area contributed by atoms with Gasteiger partial charge < -0.3 is 18.3 Å². The van der Waals surface area contributed by atoms with Crippen LogP contribution in [0.5, 0.6) is 0 Å². The van der Waals surface area contributed by atoms with Crippen LogP contribution in [0.15, 0.2) is 215 Å². The summed E-state index contributed by atoms with van der Waals surface area (Å²) in [7, 11) is 0. The first-order valence-corrected chi connectivity index (χ1v) is 19.7. The smallest absolute Gasteiger partial charge is 0.145 e. The summed E-state index contributed by atoms with van der Waals surface area (Å²) in [6, 6.07) is 73.1. The van der Waals surface area contributed by atoms with Gasteiger partial charge in [-0.05, 0) is 95.6 Å². The average molecular weight is 743 g/mol. The lowest BCUT2D eigenvalue weighted by Gasteiger charge is -2.28. The molecule has 0 aliphatic heterocycles. The number of aromatic nitrogens is 1. The van der Waals surface area contributed by atoms with E-state index in [1.807, 2.05) is 12.1 Å². The van der Waals surface area contributed by atoms with Gasteiger partial charge in [-0.15, -0.1) is 0 Å². The van der Waals surface area contributed by atoms with E-state index >= 15 is 0 Å². The molecule has 0 atom stereocenters. The van der Waals surface area contributed by atoms with E-state index < -0.39 is 0 Å². The number of furan rings is 2. The normalized spacial score (nSPS) is 11.8. The lowest BCUT2D eigenvalue weighted by molar-refractivity contribution is 0.669. The standard InChI is InChI=1S/C54H34N2O2/c1-4-15-35(16-5-1)37-27-29-43-51(33-37)58-54-40(36-17-6-2-7-18-36)30-31-48(53(43)54)56(39-28-32-50-44(34-39)41-21-11-13-26-49(41)57-50)47-25-14-24-46-52(47)42-22-10-12-23-45(42)55(46)38-19-8-3-9-20-38/h1-34H. The zero-order valence-electron chi connectivity index (χ0n) is 31.3. The summed E-state index contributed by atoms with van der Waals surface area (Å²) in [5, 5.41) is 6.61. The summed E-state index contributed by atoms with van der Waals surface area (Å²) in [5.41, 5.74) is 14.4. The zero-order chi connectivity index (χ0) is 38.2. The van der Waals surface area contributed by atoms with Gasteiger partial charge in [0, 0.05) is 43.9 Å². The number of benzene rings is 9. The predicted molar refractivity (Wildman–Crippen MR) is 241 cm³/mol. The van der Waals surface area contributed by atoms with Gasteiger partial charge in [0.15, 0.2) is 0 Å². The van der Waals surface area contributed by atoms with E-state index in [9.17, 15) is 0 Å². The molecular formula is C54H34N2O2. The van der Waals surface area contributed by atoms with E-state index in [-0.39, 0.29) is 0 Å². The molecule has 0 bridgehead atoms. The van der Waals surface area contributed by atoms with Gasteiger partial charge in [0.05, 0.1) is 27.8 Å². The minimum Gasteiger partial charge on any atom is -0.456 e. The molecule has 58 heavy (non-hydrogen) atoms. The number of hydrogen-bond donors (Lipinski definition) is 0. The second-order valence-corrected chi connectivity index (χ2v) is 14.9. The molecular weight excluding hydrogens is 709 g/mol. The van der Waals surface area contributed by atoms with Crippen LogP contribution in [0.2, 0.25) is 0 Å². The summed E-state index contributed by atoms with van der Waals surface area (Å²) >= 11 is 0. The number of rotatable bonds is 6. The van der Waals surface area contributed by atoms with Gasteiger partial charge in [0.2, 0.25) is 0 Å². The lowest BCUT2D eigenvalue weighted by atomic mass is 9.98. The van der Waals surface area contributed by atoms with Crippen molar-refractivity contribution in [3.8, 4) is 27.9 Å². The van der Waals surface area contributed by atoms with Gasteiger partial charge in [0.1, 0.15) is 22.3 Å². The van der Waals surface area contributed by atoms with Crippen LogP contribution in [0, 0.1) is 0 Å². The van der Waals surface area contributed by atoms with E-state index in [2.05, 4.69) is 204 Å². The monoisotopic (exact) mass is 742 g/mol. The van der Waals surface area contributed by atoms with Crippen LogP contribution in [0.25, 0.3) is 93.6 Å². The molecule has 12 rings (SSSR count). The largest absolute Gasteiger partial charge is 0.456 e. The highest BCUT2D eigenvalue weighted by atomic mass is 16.3. The number of para-hydroxylation sites is 3. The summed E-state index contributed by atoms with van der Waals surface area (Å²) in [5.74, 6) is 0. The van der Waals surface area contributed by atoms with Gasteiger partial charge in [-0.25, -0.2) is 0 Å². The number of nitrogens with zero attached hydrogens (tertiary/aromatic N) is 2. The van der Waals surface area contributed by atoms with Crippen molar-refractivity contribution in [2.45, 2.75) is 0 Å². The quantitative estimate of drug-likeness (QED) is 0.170. The van der Waals surface area contributed by atoms with Crippen molar-refractivity contribution in [3.63, 3.8) is 0 Å². The third-order valence-corrected chi connectivity index (χ3v) is 11.6. The van der Waals surface area contributed by atoms with Crippen molar-refractivity contribution in [1.82, 2.24) is 4.57 Å². The lowest BCUT2D eigenvalue weighted by Crippen LogP contribution is -2.11. The van der Waals surface area contributed by atoms with E-state index in [4.69, 9.17) is 8.83 Å². The molecule has 3 aromatic heterocycles. The van der Waals surface area contributed by atoms with Gasteiger partial charge in [-0.1, -0.05) is 127 Å². The van der Waals surface area contributed by atoms with E-state index in [0.29, 0.717) is 0 Å². The van der Waals surface area contributed by atoms with Crippen LogP contribution < -0.4 is 4.90 Å². The summed E-state index contributed by atoms with van der Waals surface area (Å²) in [4.78, 5) is 2.43. The molecule has 0 saturated carbocycles. The van der Waals surface area contributed by atoms with E-state index in [1.165, 1.54) is 10.8 Å². The van der Waals surface area contributed by atoms with Crippen molar-refractivity contribution >= 4 is 82.7 Å². The maximum atomic E-state index is 7.05. The topological polar surface area (TPSA) is 34.5 Å². The number of anilines is 3. The molecule has 4 heteroatoms. The Hall–Kier alpha value is -7.82. The van der Waals surface area contributed by atoms with Crippen LogP contribution in [-0.2, 0) is 0 Å². The van der Waals surface area contributed by atoms with Crippen LogP contribution in [0.3, 0.4) is 0 Å². The first kappa shape index (κ1) is 32.4. The molecule has 0 spiro atoms. The Kier molecular flexibility index (Phi) is 7.20. The fourth-order valence-electron chi connectivity index (χ4n) is 9.01. The Morgan fingerprint density at radius 1 is 0.362 bits per heavy atom. The molecule has 0 fully saturated rings. The molecule has 9 aromatic carbocycles. The summed E-state index contributed by atoms with van der Waals surface area (Å²) < 4.78 is 15.8. The fourth-order valence-corrected chi connectivity index (χ4v) is 9.01.